The van der Waals surface area contributed by atoms with E-state index in [1.54, 1.807) is 15.9 Å². The van der Waals surface area contributed by atoms with Gasteiger partial charge in [-0.1, -0.05) is 29.5 Å². The monoisotopic (exact) mass is 504 g/mol. The van der Waals surface area contributed by atoms with Crippen LogP contribution in [-0.4, -0.2) is 21.1 Å². The lowest BCUT2D eigenvalue weighted by molar-refractivity contribution is -0.141. The molecule has 5 aliphatic carbocycles. The molecular formula is C29H32N2O2S2. The standard InChI is InChI=1S/C29H32N2O2S2/c1-17-6-8-21(9-7-17)31-27(33)25-22-4-2-3-5-23(22)35-26(25)30-28(31)34-16-24(32)29-13-18-10-19(14-29)12-20(11-18)15-29/h6-9,18-20H,2-5,10-16H2,1H3. The lowest BCUT2D eigenvalue weighted by Gasteiger charge is -2.56. The highest BCUT2D eigenvalue weighted by Gasteiger charge is 2.54. The normalized spacial score (nSPS) is 29.0. The largest absolute Gasteiger partial charge is 0.298 e. The molecule has 0 saturated heterocycles. The molecule has 0 atom stereocenters. The maximum atomic E-state index is 14.0. The zero-order valence-corrected chi connectivity index (χ0v) is 22.0. The van der Waals surface area contributed by atoms with Gasteiger partial charge in [-0.05, 0) is 107 Å². The summed E-state index contributed by atoms with van der Waals surface area (Å²) in [5.41, 5.74) is 3.15. The molecule has 1 aromatic carbocycles. The van der Waals surface area contributed by atoms with Crippen LogP contribution in [-0.2, 0) is 17.6 Å². The smallest absolute Gasteiger partial charge is 0.267 e. The molecule has 8 rings (SSSR count). The Morgan fingerprint density at radius 1 is 1.06 bits per heavy atom. The number of nitrogens with zero attached hydrogens (tertiary/aromatic N) is 2. The molecule has 4 nitrogen and oxygen atoms in total. The fourth-order valence-corrected chi connectivity index (χ4v) is 10.3. The van der Waals surface area contributed by atoms with Crippen molar-refractivity contribution in [2.75, 3.05) is 5.75 Å². The van der Waals surface area contributed by atoms with Crippen molar-refractivity contribution in [1.29, 1.82) is 0 Å². The summed E-state index contributed by atoms with van der Waals surface area (Å²) in [5.74, 6) is 3.09. The van der Waals surface area contributed by atoms with Gasteiger partial charge in [0.1, 0.15) is 10.6 Å². The number of carbonyl (C=O) groups excluding carboxylic acids is 1. The van der Waals surface area contributed by atoms with Gasteiger partial charge in [-0.3, -0.25) is 14.2 Å². The lowest BCUT2D eigenvalue weighted by Crippen LogP contribution is -2.50. The van der Waals surface area contributed by atoms with Crippen LogP contribution in [0.1, 0.15) is 67.4 Å². The first-order chi connectivity index (χ1) is 17.0. The highest BCUT2D eigenvalue weighted by atomic mass is 32.2. The van der Waals surface area contributed by atoms with Crippen molar-refractivity contribution < 1.29 is 4.79 Å². The van der Waals surface area contributed by atoms with Crippen LogP contribution in [0.15, 0.2) is 34.2 Å². The molecule has 4 saturated carbocycles. The van der Waals surface area contributed by atoms with E-state index in [9.17, 15) is 9.59 Å². The van der Waals surface area contributed by atoms with Crippen molar-refractivity contribution in [1.82, 2.24) is 9.55 Å². The van der Waals surface area contributed by atoms with Gasteiger partial charge in [0.25, 0.3) is 5.56 Å². The number of rotatable bonds is 5. The summed E-state index contributed by atoms with van der Waals surface area (Å²) < 4.78 is 1.78. The molecule has 2 heterocycles. The minimum absolute atomic E-state index is 0.0306. The third-order valence-corrected chi connectivity index (χ3v) is 11.3. The molecule has 0 N–H and O–H groups in total. The van der Waals surface area contributed by atoms with Gasteiger partial charge in [-0.2, -0.15) is 0 Å². The number of thioether (sulfide) groups is 1. The van der Waals surface area contributed by atoms with E-state index in [0.29, 0.717) is 16.7 Å². The summed E-state index contributed by atoms with van der Waals surface area (Å²) in [5, 5.41) is 1.48. The van der Waals surface area contributed by atoms with Crippen LogP contribution in [0.5, 0.6) is 0 Å². The zero-order valence-electron chi connectivity index (χ0n) is 20.3. The van der Waals surface area contributed by atoms with Gasteiger partial charge in [-0.15, -0.1) is 11.3 Å². The molecule has 6 heteroatoms. The Kier molecular flexibility index (Phi) is 5.29. The number of ketones is 1. The quantitative estimate of drug-likeness (QED) is 0.293. The minimum atomic E-state index is -0.108. The minimum Gasteiger partial charge on any atom is -0.298 e. The van der Waals surface area contributed by atoms with Gasteiger partial charge in [-0.25, -0.2) is 4.98 Å². The number of Topliss-reactive ketones (excluding diaryl/α,β-unsaturated/α-hetero) is 1. The van der Waals surface area contributed by atoms with Crippen LogP contribution < -0.4 is 5.56 Å². The molecule has 0 radical (unpaired) electrons. The van der Waals surface area contributed by atoms with Crippen molar-refractivity contribution in [3.05, 3.63) is 50.6 Å². The number of hydrogen-bond donors (Lipinski definition) is 0. The SMILES string of the molecule is Cc1ccc(-n2c(SCC(=O)C34CC5CC(CC(C5)C3)C4)nc3sc4c(c3c2=O)CCCC4)cc1. The second kappa shape index (κ2) is 8.31. The van der Waals surface area contributed by atoms with Crippen molar-refractivity contribution in [2.24, 2.45) is 23.2 Å². The molecule has 3 aromatic rings. The Hall–Kier alpha value is -1.92. The first kappa shape index (κ1) is 22.3. The van der Waals surface area contributed by atoms with Crippen molar-refractivity contribution >= 4 is 39.1 Å². The topological polar surface area (TPSA) is 52.0 Å². The van der Waals surface area contributed by atoms with Crippen molar-refractivity contribution in [3.63, 3.8) is 0 Å². The van der Waals surface area contributed by atoms with Gasteiger partial charge in [0.05, 0.1) is 16.8 Å². The van der Waals surface area contributed by atoms with Gasteiger partial charge in [0.2, 0.25) is 0 Å². The second-order valence-corrected chi connectivity index (χ2v) is 13.7. The summed E-state index contributed by atoms with van der Waals surface area (Å²) in [4.78, 5) is 34.9. The fraction of sp³-hybridized carbons (Fsp3) is 0.552. The molecule has 0 aliphatic heterocycles. The number of carbonyl (C=O) groups is 1. The van der Waals surface area contributed by atoms with E-state index in [1.165, 1.54) is 47.9 Å². The Balaban J connectivity index is 1.27. The van der Waals surface area contributed by atoms with Crippen LogP contribution in [0.25, 0.3) is 15.9 Å². The molecule has 2 aromatic heterocycles. The Morgan fingerprint density at radius 3 is 2.40 bits per heavy atom. The average molecular weight is 505 g/mol. The van der Waals surface area contributed by atoms with E-state index in [-0.39, 0.29) is 11.0 Å². The molecule has 0 spiro atoms. The summed E-state index contributed by atoms with van der Waals surface area (Å²) >= 11 is 3.18. The number of thiophene rings is 1. The molecule has 5 aliphatic rings. The van der Waals surface area contributed by atoms with Crippen LogP contribution in [0, 0.1) is 30.1 Å². The summed E-state index contributed by atoms with van der Waals surface area (Å²) in [7, 11) is 0. The summed E-state index contributed by atoms with van der Waals surface area (Å²) in [6, 6.07) is 8.11. The van der Waals surface area contributed by atoms with Gasteiger partial charge in [0.15, 0.2) is 5.16 Å². The Labute approximate surface area is 214 Å². The van der Waals surface area contributed by atoms with E-state index in [4.69, 9.17) is 4.98 Å². The van der Waals surface area contributed by atoms with Crippen LogP contribution in [0.3, 0.4) is 0 Å². The maximum absolute atomic E-state index is 14.0. The fourth-order valence-electron chi connectivity index (χ4n) is 7.94. The van der Waals surface area contributed by atoms with E-state index < -0.39 is 0 Å². The van der Waals surface area contributed by atoms with Crippen molar-refractivity contribution in [3.8, 4) is 5.69 Å². The predicted molar refractivity (Wildman–Crippen MR) is 143 cm³/mol. The van der Waals surface area contributed by atoms with Crippen LogP contribution >= 0.6 is 23.1 Å². The number of hydrogen-bond acceptors (Lipinski definition) is 5. The lowest BCUT2D eigenvalue weighted by atomic mass is 9.48. The van der Waals surface area contributed by atoms with E-state index in [0.717, 1.165) is 77.7 Å². The third-order valence-electron chi connectivity index (χ3n) is 9.21. The predicted octanol–water partition coefficient (Wildman–Crippen LogP) is 6.51. The maximum Gasteiger partial charge on any atom is 0.267 e. The molecule has 182 valence electrons. The highest BCUT2D eigenvalue weighted by Crippen LogP contribution is 2.60. The van der Waals surface area contributed by atoms with E-state index >= 15 is 0 Å². The Bertz CT molecular complexity index is 1350. The summed E-state index contributed by atoms with van der Waals surface area (Å²) in [6.45, 7) is 2.06. The van der Waals surface area contributed by atoms with E-state index in [2.05, 4.69) is 6.92 Å². The number of aromatic nitrogens is 2. The van der Waals surface area contributed by atoms with E-state index in [1.807, 2.05) is 24.3 Å². The average Bonchev–Trinajstić information content (AvgIpc) is 3.21. The van der Waals surface area contributed by atoms with Crippen molar-refractivity contribution in [2.45, 2.75) is 76.3 Å². The molecule has 4 fully saturated rings. The van der Waals surface area contributed by atoms with Gasteiger partial charge < -0.3 is 0 Å². The first-order valence-corrected chi connectivity index (χ1v) is 15.1. The molecule has 0 unspecified atom stereocenters. The molecule has 4 bridgehead atoms. The van der Waals surface area contributed by atoms with Gasteiger partial charge >= 0.3 is 0 Å². The number of aryl methyl sites for hydroxylation is 3. The third kappa shape index (κ3) is 3.66. The van der Waals surface area contributed by atoms with Gasteiger partial charge in [0, 0.05) is 10.3 Å². The Morgan fingerprint density at radius 2 is 1.71 bits per heavy atom. The first-order valence-electron chi connectivity index (χ1n) is 13.3. The zero-order chi connectivity index (χ0) is 23.7. The van der Waals surface area contributed by atoms with Crippen LogP contribution in [0.2, 0.25) is 0 Å². The number of benzene rings is 1. The van der Waals surface area contributed by atoms with Crippen LogP contribution in [0.4, 0.5) is 0 Å². The molecule has 35 heavy (non-hydrogen) atoms. The second-order valence-electron chi connectivity index (χ2n) is 11.7. The highest BCUT2D eigenvalue weighted by molar-refractivity contribution is 7.99. The molecular weight excluding hydrogens is 472 g/mol. The number of fused-ring (bicyclic) bond motifs is 3. The summed E-state index contributed by atoms with van der Waals surface area (Å²) in [6.07, 6.45) is 11.6. The molecule has 0 amide bonds.